The molecule has 1 aliphatic carbocycles. The first-order chi connectivity index (χ1) is 7.74. The SMILES string of the molecule is CCN1CC[C@H](C(=O)O)[C@H]1C1CCCCC1. The lowest BCUT2D eigenvalue weighted by atomic mass is 9.79. The van der Waals surface area contributed by atoms with Gasteiger partial charge in [0.25, 0.3) is 0 Å². The van der Waals surface area contributed by atoms with Crippen molar-refractivity contribution in [1.29, 1.82) is 0 Å². The molecule has 0 spiro atoms. The van der Waals surface area contributed by atoms with Gasteiger partial charge in [0.1, 0.15) is 0 Å². The Kier molecular flexibility index (Phi) is 3.85. The number of rotatable bonds is 3. The molecule has 0 aromatic heterocycles. The minimum atomic E-state index is -0.577. The van der Waals surface area contributed by atoms with Gasteiger partial charge in [0.05, 0.1) is 5.92 Å². The first-order valence-corrected chi connectivity index (χ1v) is 6.71. The lowest BCUT2D eigenvalue weighted by Crippen LogP contribution is -2.42. The predicted molar refractivity (Wildman–Crippen MR) is 63.4 cm³/mol. The van der Waals surface area contributed by atoms with Crippen molar-refractivity contribution >= 4 is 5.97 Å². The van der Waals surface area contributed by atoms with Gasteiger partial charge in [-0.15, -0.1) is 0 Å². The molecule has 1 saturated heterocycles. The lowest BCUT2D eigenvalue weighted by Gasteiger charge is -2.35. The quantitative estimate of drug-likeness (QED) is 0.801. The zero-order chi connectivity index (χ0) is 11.5. The molecule has 1 aliphatic heterocycles. The fraction of sp³-hybridized carbons (Fsp3) is 0.923. The van der Waals surface area contributed by atoms with Crippen molar-refractivity contribution in [2.75, 3.05) is 13.1 Å². The Labute approximate surface area is 97.8 Å². The summed E-state index contributed by atoms with van der Waals surface area (Å²) in [5.41, 5.74) is 0. The summed E-state index contributed by atoms with van der Waals surface area (Å²) < 4.78 is 0. The third-order valence-corrected chi connectivity index (χ3v) is 4.42. The highest BCUT2D eigenvalue weighted by molar-refractivity contribution is 5.71. The first-order valence-electron chi connectivity index (χ1n) is 6.71. The maximum Gasteiger partial charge on any atom is 0.308 e. The van der Waals surface area contributed by atoms with E-state index in [2.05, 4.69) is 11.8 Å². The van der Waals surface area contributed by atoms with Gasteiger partial charge < -0.3 is 5.11 Å². The summed E-state index contributed by atoms with van der Waals surface area (Å²) >= 11 is 0. The van der Waals surface area contributed by atoms with Gasteiger partial charge in [-0.3, -0.25) is 9.69 Å². The molecule has 1 saturated carbocycles. The topological polar surface area (TPSA) is 40.5 Å². The molecule has 2 atom stereocenters. The van der Waals surface area contributed by atoms with Gasteiger partial charge in [0.15, 0.2) is 0 Å². The second-order valence-corrected chi connectivity index (χ2v) is 5.25. The number of likely N-dealkylation sites (tertiary alicyclic amines) is 1. The predicted octanol–water partition coefficient (Wildman–Crippen LogP) is 2.36. The van der Waals surface area contributed by atoms with E-state index in [0.29, 0.717) is 12.0 Å². The molecule has 3 heteroatoms. The van der Waals surface area contributed by atoms with Crippen LogP contribution in [0.1, 0.15) is 45.4 Å². The van der Waals surface area contributed by atoms with Crippen LogP contribution in [0.5, 0.6) is 0 Å². The van der Waals surface area contributed by atoms with Crippen molar-refractivity contribution in [2.24, 2.45) is 11.8 Å². The van der Waals surface area contributed by atoms with Crippen LogP contribution in [0.4, 0.5) is 0 Å². The summed E-state index contributed by atoms with van der Waals surface area (Å²) in [6.07, 6.45) is 7.27. The van der Waals surface area contributed by atoms with Gasteiger partial charge >= 0.3 is 5.97 Å². The molecule has 0 unspecified atom stereocenters. The van der Waals surface area contributed by atoms with Crippen LogP contribution < -0.4 is 0 Å². The highest BCUT2D eigenvalue weighted by atomic mass is 16.4. The maximum atomic E-state index is 11.3. The van der Waals surface area contributed by atoms with Crippen LogP contribution in [0.15, 0.2) is 0 Å². The molecule has 2 aliphatic rings. The highest BCUT2D eigenvalue weighted by Gasteiger charge is 2.42. The Morgan fingerprint density at radius 3 is 2.50 bits per heavy atom. The minimum absolute atomic E-state index is 0.108. The summed E-state index contributed by atoms with van der Waals surface area (Å²) in [7, 11) is 0. The largest absolute Gasteiger partial charge is 0.481 e. The molecule has 0 aromatic carbocycles. The van der Waals surface area contributed by atoms with Gasteiger partial charge in [-0.1, -0.05) is 26.2 Å². The van der Waals surface area contributed by atoms with Crippen LogP contribution in [-0.4, -0.2) is 35.1 Å². The number of hydrogen-bond acceptors (Lipinski definition) is 2. The number of nitrogens with zero attached hydrogens (tertiary/aromatic N) is 1. The fourth-order valence-electron chi connectivity index (χ4n) is 3.62. The van der Waals surface area contributed by atoms with E-state index in [-0.39, 0.29) is 5.92 Å². The molecule has 92 valence electrons. The van der Waals surface area contributed by atoms with E-state index in [1.54, 1.807) is 0 Å². The van der Waals surface area contributed by atoms with Crippen LogP contribution in [0.25, 0.3) is 0 Å². The standard InChI is InChI=1S/C13H23NO2/c1-2-14-9-8-11(13(15)16)12(14)10-6-4-3-5-7-10/h10-12H,2-9H2,1H3,(H,15,16)/t11-,12+/m0/s1. The van der Waals surface area contributed by atoms with Crippen molar-refractivity contribution in [3.8, 4) is 0 Å². The molecule has 1 heterocycles. The Bertz CT molecular complexity index is 248. The number of hydrogen-bond donors (Lipinski definition) is 1. The van der Waals surface area contributed by atoms with Crippen LogP contribution in [0, 0.1) is 11.8 Å². The number of carbonyl (C=O) groups is 1. The van der Waals surface area contributed by atoms with Crippen molar-refractivity contribution in [2.45, 2.75) is 51.5 Å². The Morgan fingerprint density at radius 2 is 1.94 bits per heavy atom. The zero-order valence-electron chi connectivity index (χ0n) is 10.2. The van der Waals surface area contributed by atoms with E-state index in [0.717, 1.165) is 19.5 Å². The van der Waals surface area contributed by atoms with E-state index in [4.69, 9.17) is 0 Å². The van der Waals surface area contributed by atoms with Crippen LogP contribution >= 0.6 is 0 Å². The Balaban J connectivity index is 2.08. The minimum Gasteiger partial charge on any atom is -0.481 e. The van der Waals surface area contributed by atoms with Crippen LogP contribution in [0.2, 0.25) is 0 Å². The number of aliphatic carboxylic acids is 1. The first kappa shape index (κ1) is 11.9. The van der Waals surface area contributed by atoms with Gasteiger partial charge in [-0.05, 0) is 38.3 Å². The molecule has 3 nitrogen and oxygen atoms in total. The van der Waals surface area contributed by atoms with Crippen molar-refractivity contribution in [3.05, 3.63) is 0 Å². The lowest BCUT2D eigenvalue weighted by molar-refractivity contribution is -0.143. The molecule has 0 bridgehead atoms. The summed E-state index contributed by atoms with van der Waals surface area (Å²) in [5.74, 6) is -0.0492. The molecule has 2 fully saturated rings. The molecular weight excluding hydrogens is 202 g/mol. The summed E-state index contributed by atoms with van der Waals surface area (Å²) in [6.45, 7) is 4.14. The summed E-state index contributed by atoms with van der Waals surface area (Å²) in [6, 6.07) is 0.322. The molecular formula is C13H23NO2. The van der Waals surface area contributed by atoms with Crippen LogP contribution in [0.3, 0.4) is 0 Å². The van der Waals surface area contributed by atoms with E-state index in [1.165, 1.54) is 32.1 Å². The average Bonchev–Trinajstić information content (AvgIpc) is 2.73. The van der Waals surface area contributed by atoms with Crippen molar-refractivity contribution in [1.82, 2.24) is 4.90 Å². The number of carboxylic acids is 1. The van der Waals surface area contributed by atoms with Gasteiger partial charge in [-0.2, -0.15) is 0 Å². The van der Waals surface area contributed by atoms with Gasteiger partial charge in [-0.25, -0.2) is 0 Å². The Hall–Kier alpha value is -0.570. The highest BCUT2D eigenvalue weighted by Crippen LogP contribution is 2.37. The molecule has 1 N–H and O–H groups in total. The third kappa shape index (κ3) is 2.24. The number of carboxylic acid groups (broad SMARTS) is 1. The van der Waals surface area contributed by atoms with Gasteiger partial charge in [0.2, 0.25) is 0 Å². The molecule has 0 radical (unpaired) electrons. The van der Waals surface area contributed by atoms with Crippen LogP contribution in [-0.2, 0) is 4.79 Å². The second-order valence-electron chi connectivity index (χ2n) is 5.25. The van der Waals surface area contributed by atoms with E-state index in [1.807, 2.05) is 0 Å². The van der Waals surface area contributed by atoms with Gasteiger partial charge in [0, 0.05) is 6.04 Å². The van der Waals surface area contributed by atoms with E-state index < -0.39 is 5.97 Å². The zero-order valence-corrected chi connectivity index (χ0v) is 10.2. The fourth-order valence-corrected chi connectivity index (χ4v) is 3.62. The molecule has 0 amide bonds. The summed E-state index contributed by atoms with van der Waals surface area (Å²) in [5, 5.41) is 9.30. The second kappa shape index (κ2) is 5.17. The van der Waals surface area contributed by atoms with Crippen molar-refractivity contribution < 1.29 is 9.90 Å². The maximum absolute atomic E-state index is 11.3. The normalized spacial score (nSPS) is 33.1. The van der Waals surface area contributed by atoms with Crippen molar-refractivity contribution in [3.63, 3.8) is 0 Å². The Morgan fingerprint density at radius 1 is 1.25 bits per heavy atom. The third-order valence-electron chi connectivity index (χ3n) is 4.42. The van der Waals surface area contributed by atoms with E-state index >= 15 is 0 Å². The van der Waals surface area contributed by atoms with E-state index in [9.17, 15) is 9.90 Å². The smallest absolute Gasteiger partial charge is 0.308 e. The monoisotopic (exact) mass is 225 g/mol. The molecule has 16 heavy (non-hydrogen) atoms. The average molecular weight is 225 g/mol. The molecule has 2 rings (SSSR count). The summed E-state index contributed by atoms with van der Waals surface area (Å²) in [4.78, 5) is 13.7. The molecule has 0 aromatic rings.